The molecule has 7 heteroatoms. The van der Waals surface area contributed by atoms with Gasteiger partial charge in [-0.05, 0) is 30.7 Å². The second-order valence-electron chi connectivity index (χ2n) is 6.73. The fourth-order valence-corrected chi connectivity index (χ4v) is 3.33. The minimum atomic E-state index is -0.551. The Bertz CT molecular complexity index is 1190. The van der Waals surface area contributed by atoms with Crippen LogP contribution in [0.3, 0.4) is 0 Å². The van der Waals surface area contributed by atoms with Crippen LogP contribution in [0.15, 0.2) is 45.6 Å². The lowest BCUT2D eigenvalue weighted by Gasteiger charge is -2.12. The van der Waals surface area contributed by atoms with E-state index in [1.165, 1.54) is 25.3 Å². The first-order valence-corrected chi connectivity index (χ1v) is 8.55. The molecule has 0 aliphatic carbocycles. The molecule has 0 radical (unpaired) electrons. The van der Waals surface area contributed by atoms with Gasteiger partial charge in [0.25, 0.3) is 0 Å². The number of fused-ring (bicyclic) bond motifs is 2. The molecule has 0 saturated carbocycles. The Labute approximate surface area is 159 Å². The maximum Gasteiger partial charge on any atom is 0.239 e. The number of phenols is 3. The van der Waals surface area contributed by atoms with Gasteiger partial charge in [0.1, 0.15) is 28.6 Å². The Morgan fingerprint density at radius 2 is 1.96 bits per heavy atom. The number of rotatable bonds is 3. The monoisotopic (exact) mass is 382 g/mol. The molecular formula is C21H18O7. The molecule has 0 saturated heterocycles. The Hall–Kier alpha value is -3.61. The predicted molar refractivity (Wildman–Crippen MR) is 102 cm³/mol. The largest absolute Gasteiger partial charge is 0.507 e. The van der Waals surface area contributed by atoms with Crippen LogP contribution in [0.25, 0.3) is 22.3 Å². The summed E-state index contributed by atoms with van der Waals surface area (Å²) in [5.41, 5.74) is 1.21. The van der Waals surface area contributed by atoms with Gasteiger partial charge >= 0.3 is 0 Å². The summed E-state index contributed by atoms with van der Waals surface area (Å²) in [6, 6.07) is 5.55. The van der Waals surface area contributed by atoms with Crippen molar-refractivity contribution in [3.05, 3.63) is 52.2 Å². The van der Waals surface area contributed by atoms with Gasteiger partial charge in [-0.1, -0.05) is 6.58 Å². The molecule has 3 N–H and O–H groups in total. The Kier molecular flexibility index (Phi) is 3.96. The standard InChI is InChI=1S/C21H18O7/c1-9(2)14-7-11-15(27-14)8-16-17(18(11)24)19(25)21(26-3)20(28-16)10-4-5-12(22)13(23)6-10/h4-6,8,14,22-24H,1,7H2,2-3H3. The molecule has 4 rings (SSSR count). The number of hydrogen-bond donors (Lipinski definition) is 3. The van der Waals surface area contributed by atoms with Gasteiger partial charge in [0.05, 0.1) is 7.11 Å². The number of benzene rings is 2. The topological polar surface area (TPSA) is 109 Å². The molecular weight excluding hydrogens is 364 g/mol. The smallest absolute Gasteiger partial charge is 0.239 e. The van der Waals surface area contributed by atoms with Gasteiger partial charge in [0.2, 0.25) is 11.2 Å². The van der Waals surface area contributed by atoms with E-state index in [1.54, 1.807) is 6.07 Å². The van der Waals surface area contributed by atoms with Crippen LogP contribution >= 0.6 is 0 Å². The molecule has 0 amide bonds. The first-order chi connectivity index (χ1) is 13.3. The van der Waals surface area contributed by atoms with Crippen LogP contribution in [-0.2, 0) is 6.42 Å². The van der Waals surface area contributed by atoms with Crippen molar-refractivity contribution in [2.24, 2.45) is 0 Å². The number of aromatic hydroxyl groups is 3. The third kappa shape index (κ3) is 2.55. The minimum Gasteiger partial charge on any atom is -0.507 e. The molecule has 1 aliphatic rings. The first kappa shape index (κ1) is 17.8. The summed E-state index contributed by atoms with van der Waals surface area (Å²) < 4.78 is 16.9. The van der Waals surface area contributed by atoms with Gasteiger partial charge in [-0.3, -0.25) is 4.79 Å². The second kappa shape index (κ2) is 6.23. The van der Waals surface area contributed by atoms with Gasteiger partial charge in [0.15, 0.2) is 17.3 Å². The lowest BCUT2D eigenvalue weighted by Crippen LogP contribution is -2.13. The van der Waals surface area contributed by atoms with Crippen molar-refractivity contribution < 1.29 is 29.2 Å². The average molecular weight is 382 g/mol. The van der Waals surface area contributed by atoms with E-state index < -0.39 is 5.43 Å². The summed E-state index contributed by atoms with van der Waals surface area (Å²) in [7, 11) is 1.31. The van der Waals surface area contributed by atoms with Crippen molar-refractivity contribution in [3.63, 3.8) is 0 Å². The normalized spacial score (nSPS) is 15.3. The average Bonchev–Trinajstić information content (AvgIpc) is 3.08. The molecule has 7 nitrogen and oxygen atoms in total. The summed E-state index contributed by atoms with van der Waals surface area (Å²) in [6.07, 6.45) is 0.116. The van der Waals surface area contributed by atoms with E-state index >= 15 is 0 Å². The zero-order valence-electron chi connectivity index (χ0n) is 15.3. The molecule has 144 valence electrons. The third-order valence-corrected chi connectivity index (χ3v) is 4.83. The Morgan fingerprint density at radius 3 is 2.61 bits per heavy atom. The zero-order valence-corrected chi connectivity index (χ0v) is 15.3. The maximum absolute atomic E-state index is 13.0. The van der Waals surface area contributed by atoms with E-state index in [2.05, 4.69) is 6.58 Å². The van der Waals surface area contributed by atoms with E-state index in [-0.39, 0.29) is 45.8 Å². The molecule has 2 heterocycles. The molecule has 0 fully saturated rings. The van der Waals surface area contributed by atoms with Crippen LogP contribution in [0.2, 0.25) is 0 Å². The molecule has 0 bridgehead atoms. The van der Waals surface area contributed by atoms with Gasteiger partial charge in [0, 0.05) is 23.6 Å². The zero-order chi connectivity index (χ0) is 20.2. The van der Waals surface area contributed by atoms with Crippen LogP contribution < -0.4 is 14.9 Å². The van der Waals surface area contributed by atoms with Crippen molar-refractivity contribution in [3.8, 4) is 40.1 Å². The van der Waals surface area contributed by atoms with Crippen molar-refractivity contribution in [2.75, 3.05) is 7.11 Å². The summed E-state index contributed by atoms with van der Waals surface area (Å²) >= 11 is 0. The molecule has 1 aliphatic heterocycles. The van der Waals surface area contributed by atoms with Crippen LogP contribution in [0.1, 0.15) is 12.5 Å². The van der Waals surface area contributed by atoms with Gasteiger partial charge < -0.3 is 29.2 Å². The van der Waals surface area contributed by atoms with Crippen molar-refractivity contribution in [1.29, 1.82) is 0 Å². The van der Waals surface area contributed by atoms with E-state index in [0.29, 0.717) is 23.3 Å². The number of hydrogen-bond acceptors (Lipinski definition) is 7. The SMILES string of the molecule is C=C(C)C1Cc2c(cc3oc(-c4ccc(O)c(O)c4)c(OC)c(=O)c3c2O)O1. The van der Waals surface area contributed by atoms with Crippen LogP contribution in [-0.4, -0.2) is 28.5 Å². The Morgan fingerprint density at radius 1 is 1.21 bits per heavy atom. The molecule has 1 aromatic heterocycles. The van der Waals surface area contributed by atoms with Crippen molar-refractivity contribution in [1.82, 2.24) is 0 Å². The summed E-state index contributed by atoms with van der Waals surface area (Å²) in [4.78, 5) is 13.0. The number of phenolic OH excluding ortho intramolecular Hbond substituents is 3. The highest BCUT2D eigenvalue weighted by atomic mass is 16.5. The fourth-order valence-electron chi connectivity index (χ4n) is 3.33. The second-order valence-corrected chi connectivity index (χ2v) is 6.73. The van der Waals surface area contributed by atoms with Crippen molar-refractivity contribution in [2.45, 2.75) is 19.4 Å². The van der Waals surface area contributed by atoms with E-state index in [4.69, 9.17) is 13.9 Å². The molecule has 28 heavy (non-hydrogen) atoms. The van der Waals surface area contributed by atoms with E-state index in [1.807, 2.05) is 6.92 Å². The highest BCUT2D eigenvalue weighted by molar-refractivity contribution is 5.90. The molecule has 1 unspecified atom stereocenters. The molecule has 3 aromatic rings. The van der Waals surface area contributed by atoms with Gasteiger partial charge in [-0.25, -0.2) is 0 Å². The van der Waals surface area contributed by atoms with E-state index in [0.717, 1.165) is 5.57 Å². The Balaban J connectivity index is 2.00. The summed E-state index contributed by atoms with van der Waals surface area (Å²) in [6.45, 7) is 5.71. The van der Waals surface area contributed by atoms with Crippen LogP contribution in [0.4, 0.5) is 0 Å². The lowest BCUT2D eigenvalue weighted by molar-refractivity contribution is 0.271. The number of ether oxygens (including phenoxy) is 2. The molecule has 1 atom stereocenters. The highest BCUT2D eigenvalue weighted by Gasteiger charge is 2.30. The number of methoxy groups -OCH3 is 1. The predicted octanol–water partition coefficient (Wildman–Crippen LogP) is 3.47. The first-order valence-electron chi connectivity index (χ1n) is 8.55. The lowest BCUT2D eigenvalue weighted by atomic mass is 10.0. The van der Waals surface area contributed by atoms with Crippen molar-refractivity contribution >= 4 is 11.0 Å². The summed E-state index contributed by atoms with van der Waals surface area (Å²) in [5, 5.41) is 30.0. The fraction of sp³-hybridized carbons (Fsp3) is 0.190. The van der Waals surface area contributed by atoms with Gasteiger partial charge in [-0.2, -0.15) is 0 Å². The third-order valence-electron chi connectivity index (χ3n) is 4.83. The minimum absolute atomic E-state index is 0.00619. The molecule has 2 aromatic carbocycles. The molecule has 0 spiro atoms. The van der Waals surface area contributed by atoms with Gasteiger partial charge in [-0.15, -0.1) is 0 Å². The highest BCUT2D eigenvalue weighted by Crippen LogP contribution is 2.44. The van der Waals surface area contributed by atoms with E-state index in [9.17, 15) is 20.1 Å². The maximum atomic E-state index is 13.0. The van der Waals surface area contributed by atoms with Crippen LogP contribution in [0, 0.1) is 0 Å². The summed E-state index contributed by atoms with van der Waals surface area (Å²) in [5.74, 6) is -0.520. The van der Waals surface area contributed by atoms with Crippen LogP contribution in [0.5, 0.6) is 28.7 Å². The quantitative estimate of drug-likeness (QED) is 0.470.